The molecule has 0 atom stereocenters. The summed E-state index contributed by atoms with van der Waals surface area (Å²) in [7, 11) is 0. The molecular formula is C25H17N7O. The van der Waals surface area contributed by atoms with Crippen molar-refractivity contribution in [2.75, 3.05) is 5.32 Å². The average Bonchev–Trinajstić information content (AvgIpc) is 3.49. The third kappa shape index (κ3) is 3.49. The smallest absolute Gasteiger partial charge is 0.272 e. The molecule has 0 saturated heterocycles. The number of nitrogens with one attached hydrogen (secondary N) is 2. The quantitative estimate of drug-likeness (QED) is 0.425. The monoisotopic (exact) mass is 431 g/mol. The van der Waals surface area contributed by atoms with Crippen molar-refractivity contribution in [1.82, 2.24) is 29.8 Å². The fraction of sp³-hybridized carbons (Fsp3) is 0. The molecule has 0 aliphatic heterocycles. The second kappa shape index (κ2) is 7.69. The summed E-state index contributed by atoms with van der Waals surface area (Å²) < 4.78 is 1.68. The number of hydrogen-bond acceptors (Lipinski definition) is 5. The van der Waals surface area contributed by atoms with Crippen molar-refractivity contribution < 1.29 is 4.79 Å². The van der Waals surface area contributed by atoms with Gasteiger partial charge < -0.3 is 10.3 Å². The molecule has 6 rings (SSSR count). The highest BCUT2D eigenvalue weighted by molar-refractivity contribution is 6.06. The molecule has 4 aromatic heterocycles. The van der Waals surface area contributed by atoms with Crippen molar-refractivity contribution in [3.8, 4) is 22.8 Å². The number of aromatic amines is 1. The van der Waals surface area contributed by atoms with Gasteiger partial charge in [-0.2, -0.15) is 9.61 Å². The zero-order valence-corrected chi connectivity index (χ0v) is 17.3. The topological polar surface area (TPSA) is 101 Å². The number of H-pyrrole nitrogens is 1. The Morgan fingerprint density at radius 1 is 0.848 bits per heavy atom. The van der Waals surface area contributed by atoms with E-state index in [9.17, 15) is 4.79 Å². The van der Waals surface area contributed by atoms with Crippen molar-refractivity contribution in [3.63, 3.8) is 0 Å². The van der Waals surface area contributed by atoms with Crippen LogP contribution in [0.15, 0.2) is 91.1 Å². The van der Waals surface area contributed by atoms with Crippen LogP contribution in [0.2, 0.25) is 0 Å². The standard InChI is InChI=1S/C25H17N7O/c33-25(22-15-17-5-1-2-6-19(17)28-22)27-18-10-8-16(9-11-18)20-12-13-23-29-30-24(32(23)31-20)21-7-3-4-14-26-21/h1-15,28H,(H,27,33). The number of aromatic nitrogens is 6. The number of anilines is 1. The van der Waals surface area contributed by atoms with Crippen LogP contribution >= 0.6 is 0 Å². The zero-order chi connectivity index (χ0) is 22.2. The second-order valence-corrected chi connectivity index (χ2v) is 7.53. The Bertz CT molecular complexity index is 1570. The van der Waals surface area contributed by atoms with Crippen LogP contribution in [0.4, 0.5) is 5.69 Å². The minimum atomic E-state index is -0.192. The van der Waals surface area contributed by atoms with Crippen molar-refractivity contribution in [3.05, 3.63) is 96.8 Å². The fourth-order valence-electron chi connectivity index (χ4n) is 3.72. The van der Waals surface area contributed by atoms with E-state index in [1.807, 2.05) is 84.9 Å². The largest absolute Gasteiger partial charge is 0.351 e. The maximum atomic E-state index is 12.6. The number of hydrogen-bond donors (Lipinski definition) is 2. The van der Waals surface area contributed by atoms with Crippen LogP contribution in [-0.2, 0) is 0 Å². The van der Waals surface area contributed by atoms with Crippen LogP contribution < -0.4 is 5.32 Å². The Kier molecular flexibility index (Phi) is 4.40. The van der Waals surface area contributed by atoms with E-state index < -0.39 is 0 Å². The molecule has 2 N–H and O–H groups in total. The number of rotatable bonds is 4. The molecule has 33 heavy (non-hydrogen) atoms. The lowest BCUT2D eigenvalue weighted by atomic mass is 10.1. The van der Waals surface area contributed by atoms with Crippen LogP contribution in [0.25, 0.3) is 39.3 Å². The summed E-state index contributed by atoms with van der Waals surface area (Å²) in [6.07, 6.45) is 1.71. The molecule has 8 nitrogen and oxygen atoms in total. The molecular weight excluding hydrogens is 414 g/mol. The summed E-state index contributed by atoms with van der Waals surface area (Å²) in [5, 5.41) is 17.0. The van der Waals surface area contributed by atoms with Gasteiger partial charge in [0.05, 0.1) is 5.69 Å². The highest BCUT2D eigenvalue weighted by Gasteiger charge is 2.13. The normalized spacial score (nSPS) is 11.2. The van der Waals surface area contributed by atoms with Crippen LogP contribution in [0.1, 0.15) is 10.5 Å². The molecule has 0 fully saturated rings. The Labute approximate surface area is 188 Å². The molecule has 158 valence electrons. The van der Waals surface area contributed by atoms with Crippen molar-refractivity contribution in [2.24, 2.45) is 0 Å². The molecule has 4 heterocycles. The van der Waals surface area contributed by atoms with Gasteiger partial charge in [0.25, 0.3) is 5.91 Å². The maximum Gasteiger partial charge on any atom is 0.272 e. The van der Waals surface area contributed by atoms with Crippen LogP contribution in [-0.4, -0.2) is 35.7 Å². The van der Waals surface area contributed by atoms with Gasteiger partial charge >= 0.3 is 0 Å². The lowest BCUT2D eigenvalue weighted by Gasteiger charge is -2.06. The van der Waals surface area contributed by atoms with E-state index in [2.05, 4.69) is 25.5 Å². The summed E-state index contributed by atoms with van der Waals surface area (Å²) in [6, 6.07) is 26.6. The first-order valence-electron chi connectivity index (χ1n) is 10.4. The third-order valence-corrected chi connectivity index (χ3v) is 5.37. The lowest BCUT2D eigenvalue weighted by molar-refractivity contribution is 0.102. The lowest BCUT2D eigenvalue weighted by Crippen LogP contribution is -2.12. The van der Waals surface area contributed by atoms with Gasteiger partial charge in [0.1, 0.15) is 11.4 Å². The van der Waals surface area contributed by atoms with Gasteiger partial charge in [-0.3, -0.25) is 9.78 Å². The number of carbonyl (C=O) groups is 1. The maximum absolute atomic E-state index is 12.6. The van der Waals surface area contributed by atoms with Gasteiger partial charge in [0.15, 0.2) is 5.65 Å². The van der Waals surface area contributed by atoms with Crippen molar-refractivity contribution in [1.29, 1.82) is 0 Å². The molecule has 8 heteroatoms. The second-order valence-electron chi connectivity index (χ2n) is 7.53. The van der Waals surface area contributed by atoms with E-state index in [4.69, 9.17) is 5.10 Å². The SMILES string of the molecule is O=C(Nc1ccc(-c2ccc3nnc(-c4ccccn4)n3n2)cc1)c1cc2ccccc2[nH]1. The molecule has 0 saturated carbocycles. The van der Waals surface area contributed by atoms with Gasteiger partial charge in [-0.05, 0) is 48.5 Å². The highest BCUT2D eigenvalue weighted by atomic mass is 16.1. The molecule has 0 unspecified atom stereocenters. The zero-order valence-electron chi connectivity index (χ0n) is 17.3. The van der Waals surface area contributed by atoms with Crippen LogP contribution in [0.5, 0.6) is 0 Å². The van der Waals surface area contributed by atoms with Crippen molar-refractivity contribution in [2.45, 2.75) is 0 Å². The fourth-order valence-corrected chi connectivity index (χ4v) is 3.72. The first-order valence-corrected chi connectivity index (χ1v) is 10.4. The molecule has 0 bridgehead atoms. The van der Waals surface area contributed by atoms with Gasteiger partial charge in [-0.1, -0.05) is 36.4 Å². The molecule has 0 aliphatic rings. The molecule has 0 aliphatic carbocycles. The predicted molar refractivity (Wildman–Crippen MR) is 126 cm³/mol. The van der Waals surface area contributed by atoms with E-state index in [-0.39, 0.29) is 5.91 Å². The number of fused-ring (bicyclic) bond motifs is 2. The van der Waals surface area contributed by atoms with E-state index in [1.54, 1.807) is 10.7 Å². The summed E-state index contributed by atoms with van der Waals surface area (Å²) in [4.78, 5) is 20.1. The Hall–Kier alpha value is -4.85. The summed E-state index contributed by atoms with van der Waals surface area (Å²) in [5.74, 6) is 0.387. The van der Waals surface area contributed by atoms with E-state index in [0.29, 0.717) is 28.5 Å². The molecule has 1 amide bonds. The van der Waals surface area contributed by atoms with Gasteiger partial charge in [-0.15, -0.1) is 10.2 Å². The summed E-state index contributed by atoms with van der Waals surface area (Å²) in [6.45, 7) is 0. The Morgan fingerprint density at radius 2 is 1.70 bits per heavy atom. The number of amides is 1. The first kappa shape index (κ1) is 18.9. The van der Waals surface area contributed by atoms with E-state index in [0.717, 1.165) is 22.2 Å². The Morgan fingerprint density at radius 3 is 2.52 bits per heavy atom. The molecule has 0 spiro atoms. The number of para-hydroxylation sites is 1. The third-order valence-electron chi connectivity index (χ3n) is 5.37. The van der Waals surface area contributed by atoms with Gasteiger partial charge in [0, 0.05) is 28.4 Å². The van der Waals surface area contributed by atoms with Crippen molar-refractivity contribution >= 4 is 28.1 Å². The van der Waals surface area contributed by atoms with E-state index >= 15 is 0 Å². The number of carbonyl (C=O) groups excluding carboxylic acids is 1. The number of pyridine rings is 1. The Balaban J connectivity index is 1.26. The van der Waals surface area contributed by atoms with Crippen LogP contribution in [0, 0.1) is 0 Å². The van der Waals surface area contributed by atoms with Gasteiger partial charge in [-0.25, -0.2) is 0 Å². The minimum absolute atomic E-state index is 0.192. The summed E-state index contributed by atoms with van der Waals surface area (Å²) >= 11 is 0. The predicted octanol–water partition coefficient (Wildman–Crippen LogP) is 4.59. The summed E-state index contributed by atoms with van der Waals surface area (Å²) in [5.41, 5.74) is 5.14. The molecule has 2 aromatic carbocycles. The van der Waals surface area contributed by atoms with Gasteiger partial charge in [0.2, 0.25) is 5.82 Å². The van der Waals surface area contributed by atoms with E-state index in [1.165, 1.54) is 0 Å². The highest BCUT2D eigenvalue weighted by Crippen LogP contribution is 2.22. The van der Waals surface area contributed by atoms with Crippen LogP contribution in [0.3, 0.4) is 0 Å². The number of benzene rings is 2. The first-order chi connectivity index (χ1) is 16.2. The molecule has 0 radical (unpaired) electrons. The average molecular weight is 431 g/mol. The minimum Gasteiger partial charge on any atom is -0.351 e. The number of nitrogens with zero attached hydrogens (tertiary/aromatic N) is 5. The molecule has 6 aromatic rings.